The summed E-state index contributed by atoms with van der Waals surface area (Å²) in [5.74, 6) is -1.51. The normalized spacial score (nSPS) is 23.9. The molecule has 2 atom stereocenters. The first-order valence-corrected chi connectivity index (χ1v) is 10.4. The van der Waals surface area contributed by atoms with Gasteiger partial charge in [0.1, 0.15) is 5.92 Å². The first-order valence-electron chi connectivity index (χ1n) is 9.63. The summed E-state index contributed by atoms with van der Waals surface area (Å²) < 4.78 is 5.36. The zero-order valence-electron chi connectivity index (χ0n) is 16.6. The molecule has 3 rings (SSSR count). The predicted octanol–water partition coefficient (Wildman–Crippen LogP) is 5.76. The van der Waals surface area contributed by atoms with E-state index >= 15 is 0 Å². The van der Waals surface area contributed by atoms with Gasteiger partial charge in [-0.25, -0.2) is 0 Å². The molecule has 28 heavy (non-hydrogen) atoms. The van der Waals surface area contributed by atoms with Gasteiger partial charge < -0.3 is 4.74 Å². The summed E-state index contributed by atoms with van der Waals surface area (Å²) in [6.07, 6.45) is 1.70. The fourth-order valence-corrected chi connectivity index (χ4v) is 4.77. The Labute approximate surface area is 176 Å². The van der Waals surface area contributed by atoms with Crippen molar-refractivity contribution in [2.24, 2.45) is 16.3 Å². The summed E-state index contributed by atoms with van der Waals surface area (Å²) in [6, 6.07) is 5.19. The quantitative estimate of drug-likeness (QED) is 0.580. The molecule has 1 aromatic rings. The molecule has 0 amide bonds. The van der Waals surface area contributed by atoms with Crippen molar-refractivity contribution in [3.63, 3.8) is 0 Å². The number of benzene rings is 1. The average Bonchev–Trinajstić information content (AvgIpc) is 2.59. The number of halogens is 2. The van der Waals surface area contributed by atoms with E-state index in [4.69, 9.17) is 32.9 Å². The Morgan fingerprint density at radius 3 is 2.57 bits per heavy atom. The van der Waals surface area contributed by atoms with Gasteiger partial charge in [0.2, 0.25) is 0 Å². The predicted molar refractivity (Wildman–Crippen MR) is 112 cm³/mol. The first-order chi connectivity index (χ1) is 13.2. The van der Waals surface area contributed by atoms with Crippen molar-refractivity contribution in [2.45, 2.75) is 52.9 Å². The fourth-order valence-electron chi connectivity index (χ4n) is 4.25. The summed E-state index contributed by atoms with van der Waals surface area (Å²) in [5.41, 5.74) is 2.65. The zero-order chi connectivity index (χ0) is 20.6. The zero-order valence-corrected chi connectivity index (χ0v) is 18.2. The molecule has 1 aliphatic carbocycles. The van der Waals surface area contributed by atoms with Crippen molar-refractivity contribution in [1.29, 1.82) is 0 Å². The molecule has 0 radical (unpaired) electrons. The summed E-state index contributed by atoms with van der Waals surface area (Å²) in [6.45, 7) is 8.13. The van der Waals surface area contributed by atoms with Gasteiger partial charge in [0.25, 0.3) is 0 Å². The fraction of sp³-hybridized carbons (Fsp3) is 0.500. The maximum absolute atomic E-state index is 13.2. The van der Waals surface area contributed by atoms with E-state index in [1.165, 1.54) is 0 Å². The van der Waals surface area contributed by atoms with Crippen molar-refractivity contribution in [3.8, 4) is 0 Å². The van der Waals surface area contributed by atoms with Crippen molar-refractivity contribution in [1.82, 2.24) is 0 Å². The maximum Gasteiger partial charge on any atom is 0.315 e. The Bertz CT molecular complexity index is 886. The van der Waals surface area contributed by atoms with E-state index in [-0.39, 0.29) is 23.8 Å². The van der Waals surface area contributed by atoms with Crippen molar-refractivity contribution < 1.29 is 14.3 Å². The number of carbonyl (C=O) groups excluding carboxylic acids is 2. The third-order valence-corrected chi connectivity index (χ3v) is 5.94. The van der Waals surface area contributed by atoms with Crippen LogP contribution >= 0.6 is 23.2 Å². The Kier molecular flexibility index (Phi) is 6.02. The standard InChI is InChI=1S/C22H25Cl2NO3/c1-5-15-20(21(27)28-6-2)18(13-8-7-12(23)9-14(13)24)19-16(25-15)10-22(3,4)11-17(19)26/h7-9,18,20H,5-6,10-11H2,1-4H3/t18-,20?/m0/s1. The van der Waals surface area contributed by atoms with Gasteiger partial charge in [0, 0.05) is 39.4 Å². The van der Waals surface area contributed by atoms with E-state index in [0.717, 1.165) is 11.4 Å². The Balaban J connectivity index is 2.24. The number of esters is 1. The highest BCUT2D eigenvalue weighted by Crippen LogP contribution is 2.49. The SMILES string of the molecule is CCOC(=O)C1C(CC)=NC2=C(C(=O)CC(C)(C)C2)[C@@H]1c1ccc(Cl)cc1Cl. The van der Waals surface area contributed by atoms with Crippen LogP contribution in [-0.2, 0) is 14.3 Å². The van der Waals surface area contributed by atoms with Crippen LogP contribution in [0.2, 0.25) is 10.0 Å². The van der Waals surface area contributed by atoms with Gasteiger partial charge in [0.05, 0.1) is 6.61 Å². The third-order valence-electron chi connectivity index (χ3n) is 5.38. The molecule has 0 saturated carbocycles. The molecule has 2 aliphatic rings. The molecule has 0 aromatic heterocycles. The first kappa shape index (κ1) is 21.1. The van der Waals surface area contributed by atoms with Crippen molar-refractivity contribution >= 4 is 40.7 Å². The highest BCUT2D eigenvalue weighted by molar-refractivity contribution is 6.35. The van der Waals surface area contributed by atoms with Crippen molar-refractivity contribution in [2.75, 3.05) is 6.61 Å². The van der Waals surface area contributed by atoms with Gasteiger partial charge in [-0.05, 0) is 42.9 Å². The van der Waals surface area contributed by atoms with E-state index in [9.17, 15) is 9.59 Å². The molecule has 6 heteroatoms. The third kappa shape index (κ3) is 3.90. The summed E-state index contributed by atoms with van der Waals surface area (Å²) >= 11 is 12.6. The number of hydrogen-bond acceptors (Lipinski definition) is 4. The minimum absolute atomic E-state index is 0.0236. The van der Waals surface area contributed by atoms with E-state index in [1.807, 2.05) is 6.92 Å². The van der Waals surface area contributed by atoms with Crippen LogP contribution in [0.3, 0.4) is 0 Å². The Morgan fingerprint density at radius 1 is 1.25 bits per heavy atom. The lowest BCUT2D eigenvalue weighted by Crippen LogP contribution is -2.40. The van der Waals surface area contributed by atoms with Gasteiger partial charge >= 0.3 is 5.97 Å². The van der Waals surface area contributed by atoms with Crippen LogP contribution in [0.5, 0.6) is 0 Å². The second-order valence-electron chi connectivity index (χ2n) is 8.13. The minimum atomic E-state index is -0.660. The number of ketones is 1. The maximum atomic E-state index is 13.2. The van der Waals surface area contributed by atoms with Crippen LogP contribution in [0.1, 0.15) is 58.4 Å². The van der Waals surface area contributed by atoms with E-state index < -0.39 is 11.8 Å². The smallest absolute Gasteiger partial charge is 0.315 e. The monoisotopic (exact) mass is 421 g/mol. The number of aliphatic imine (C=N–C) groups is 1. The van der Waals surface area contributed by atoms with Gasteiger partial charge in [-0.15, -0.1) is 0 Å². The number of allylic oxidation sites excluding steroid dienone is 2. The lowest BCUT2D eigenvalue weighted by atomic mass is 9.66. The average molecular weight is 422 g/mol. The molecule has 0 bridgehead atoms. The lowest BCUT2D eigenvalue weighted by Gasteiger charge is -2.39. The highest BCUT2D eigenvalue weighted by atomic mass is 35.5. The molecule has 1 aromatic carbocycles. The van der Waals surface area contributed by atoms with Crippen LogP contribution in [0.4, 0.5) is 0 Å². The van der Waals surface area contributed by atoms with Crippen molar-refractivity contribution in [3.05, 3.63) is 45.1 Å². The number of ether oxygens (including phenoxy) is 1. The molecular weight excluding hydrogens is 397 g/mol. The number of rotatable bonds is 4. The van der Waals surface area contributed by atoms with Crippen LogP contribution < -0.4 is 0 Å². The summed E-state index contributed by atoms with van der Waals surface area (Å²) in [5, 5.41) is 0.945. The lowest BCUT2D eigenvalue weighted by molar-refractivity contribution is -0.146. The number of carbonyl (C=O) groups is 2. The van der Waals surface area contributed by atoms with Crippen LogP contribution in [0.15, 0.2) is 34.5 Å². The molecule has 0 spiro atoms. The summed E-state index contributed by atoms with van der Waals surface area (Å²) in [4.78, 5) is 30.9. The van der Waals surface area contributed by atoms with E-state index in [2.05, 4.69) is 13.8 Å². The number of nitrogens with zero attached hydrogens (tertiary/aromatic N) is 1. The summed E-state index contributed by atoms with van der Waals surface area (Å²) in [7, 11) is 0. The van der Waals surface area contributed by atoms with Gasteiger partial charge in [-0.1, -0.05) is 50.0 Å². The van der Waals surface area contributed by atoms with Crippen LogP contribution in [0, 0.1) is 11.3 Å². The molecule has 1 unspecified atom stereocenters. The van der Waals surface area contributed by atoms with Crippen LogP contribution in [-0.4, -0.2) is 24.1 Å². The molecule has 0 N–H and O–H groups in total. The molecule has 4 nitrogen and oxygen atoms in total. The highest BCUT2D eigenvalue weighted by Gasteiger charge is 2.47. The molecule has 0 saturated heterocycles. The topological polar surface area (TPSA) is 55.7 Å². The van der Waals surface area contributed by atoms with Gasteiger partial charge in [0.15, 0.2) is 5.78 Å². The molecular formula is C22H25Cl2NO3. The van der Waals surface area contributed by atoms with Gasteiger partial charge in [-0.2, -0.15) is 0 Å². The molecule has 0 fully saturated rings. The molecule has 1 aliphatic heterocycles. The van der Waals surface area contributed by atoms with Gasteiger partial charge in [-0.3, -0.25) is 14.6 Å². The van der Waals surface area contributed by atoms with E-state index in [0.29, 0.717) is 40.4 Å². The number of Topliss-reactive ketones (excluding diaryl/α,β-unsaturated/α-hetero) is 1. The Morgan fingerprint density at radius 2 is 1.96 bits per heavy atom. The number of hydrogen-bond donors (Lipinski definition) is 0. The minimum Gasteiger partial charge on any atom is -0.465 e. The molecule has 150 valence electrons. The molecule has 1 heterocycles. The Hall–Kier alpha value is -1.65. The van der Waals surface area contributed by atoms with Crippen LogP contribution in [0.25, 0.3) is 0 Å². The van der Waals surface area contributed by atoms with E-state index in [1.54, 1.807) is 25.1 Å². The second-order valence-corrected chi connectivity index (χ2v) is 8.97. The second kappa shape index (κ2) is 8.00. The largest absolute Gasteiger partial charge is 0.465 e.